The fourth-order valence-electron chi connectivity index (χ4n) is 1.10. The third-order valence-electron chi connectivity index (χ3n) is 1.75. The molecular formula is C7H14N4O2. The normalized spacial score (nSPS) is 16.7. The molecule has 0 aromatic rings. The summed E-state index contributed by atoms with van der Waals surface area (Å²) in [6.07, 6.45) is 0. The molecule has 74 valence electrons. The lowest BCUT2D eigenvalue weighted by Crippen LogP contribution is -2.53. The molecule has 4 N–H and O–H groups in total. The predicted molar refractivity (Wildman–Crippen MR) is 47.0 cm³/mol. The summed E-state index contributed by atoms with van der Waals surface area (Å²) in [6.45, 7) is 2.07. The first-order valence-electron chi connectivity index (χ1n) is 4.23. The molecule has 6 nitrogen and oxygen atoms in total. The number of urea groups is 1. The molecule has 1 fully saturated rings. The van der Waals surface area contributed by atoms with Crippen LogP contribution in [0.4, 0.5) is 4.79 Å². The van der Waals surface area contributed by atoms with E-state index in [0.29, 0.717) is 26.2 Å². The highest BCUT2D eigenvalue weighted by Crippen LogP contribution is 1.93. The molecule has 6 heteroatoms. The lowest BCUT2D eigenvalue weighted by Gasteiger charge is -2.26. The summed E-state index contributed by atoms with van der Waals surface area (Å²) in [5.41, 5.74) is 5.22. The largest absolute Gasteiger partial charge is 0.353 e. The zero-order valence-electron chi connectivity index (χ0n) is 7.38. The van der Waals surface area contributed by atoms with Gasteiger partial charge in [-0.05, 0) is 0 Å². The number of carbonyl (C=O) groups excluding carboxylic acids is 2. The molecule has 0 aromatic heterocycles. The van der Waals surface area contributed by atoms with Crippen molar-refractivity contribution < 1.29 is 9.59 Å². The van der Waals surface area contributed by atoms with Crippen LogP contribution >= 0.6 is 0 Å². The highest BCUT2D eigenvalue weighted by Gasteiger charge is 2.19. The summed E-state index contributed by atoms with van der Waals surface area (Å²) in [5.74, 6) is -0.117. The zero-order chi connectivity index (χ0) is 9.68. The number of nitrogens with two attached hydrogens (primary N) is 1. The molecule has 0 spiro atoms. The first-order valence-corrected chi connectivity index (χ1v) is 4.23. The Morgan fingerprint density at radius 2 is 2.46 bits per heavy atom. The van der Waals surface area contributed by atoms with E-state index in [-0.39, 0.29) is 18.5 Å². The van der Waals surface area contributed by atoms with Crippen molar-refractivity contribution in [2.45, 2.75) is 0 Å². The number of nitrogens with one attached hydrogen (secondary N) is 2. The maximum Gasteiger partial charge on any atom is 0.317 e. The van der Waals surface area contributed by atoms with Crippen molar-refractivity contribution in [2.24, 2.45) is 5.73 Å². The van der Waals surface area contributed by atoms with Crippen molar-refractivity contribution in [2.75, 3.05) is 32.7 Å². The maximum atomic E-state index is 11.3. The second-order valence-electron chi connectivity index (χ2n) is 2.79. The van der Waals surface area contributed by atoms with Gasteiger partial charge < -0.3 is 21.3 Å². The predicted octanol–water partition coefficient (Wildman–Crippen LogP) is -1.91. The van der Waals surface area contributed by atoms with Crippen LogP contribution in [-0.2, 0) is 4.79 Å². The van der Waals surface area contributed by atoms with Crippen molar-refractivity contribution in [3.63, 3.8) is 0 Å². The second kappa shape index (κ2) is 4.66. The quantitative estimate of drug-likeness (QED) is 0.470. The molecule has 0 atom stereocenters. The Hall–Kier alpha value is -1.30. The Morgan fingerprint density at radius 1 is 1.69 bits per heavy atom. The van der Waals surface area contributed by atoms with Crippen LogP contribution in [0.15, 0.2) is 0 Å². The van der Waals surface area contributed by atoms with Gasteiger partial charge in [0, 0.05) is 26.2 Å². The third kappa shape index (κ3) is 2.90. The van der Waals surface area contributed by atoms with E-state index in [4.69, 9.17) is 5.73 Å². The van der Waals surface area contributed by atoms with Crippen molar-refractivity contribution in [1.82, 2.24) is 15.5 Å². The SMILES string of the molecule is NCCNC(=O)N1CCNC(=O)C1. The fourth-order valence-corrected chi connectivity index (χ4v) is 1.10. The number of nitrogens with zero attached hydrogens (tertiary/aromatic N) is 1. The average molecular weight is 186 g/mol. The minimum atomic E-state index is -0.222. The molecule has 3 amide bonds. The van der Waals surface area contributed by atoms with E-state index in [1.54, 1.807) is 0 Å². The molecule has 0 bridgehead atoms. The molecule has 0 aliphatic carbocycles. The van der Waals surface area contributed by atoms with Crippen LogP contribution in [0.25, 0.3) is 0 Å². The summed E-state index contributed by atoms with van der Waals surface area (Å²) in [6, 6.07) is -0.222. The van der Waals surface area contributed by atoms with Crippen LogP contribution in [0, 0.1) is 0 Å². The first-order chi connectivity index (χ1) is 6.24. The lowest BCUT2D eigenvalue weighted by atomic mass is 10.4. The second-order valence-corrected chi connectivity index (χ2v) is 2.79. The van der Waals surface area contributed by atoms with Gasteiger partial charge in [-0.3, -0.25) is 4.79 Å². The van der Waals surface area contributed by atoms with Crippen LogP contribution < -0.4 is 16.4 Å². The van der Waals surface area contributed by atoms with Gasteiger partial charge >= 0.3 is 6.03 Å². The zero-order valence-corrected chi connectivity index (χ0v) is 7.38. The number of rotatable bonds is 2. The summed E-state index contributed by atoms with van der Waals surface area (Å²) in [4.78, 5) is 23.6. The molecule has 0 saturated carbocycles. The summed E-state index contributed by atoms with van der Waals surface area (Å²) < 4.78 is 0. The Kier molecular flexibility index (Phi) is 3.51. The Bertz CT molecular complexity index is 207. The molecule has 0 radical (unpaired) electrons. The third-order valence-corrected chi connectivity index (χ3v) is 1.75. The molecule has 0 aromatic carbocycles. The van der Waals surface area contributed by atoms with E-state index in [2.05, 4.69) is 10.6 Å². The lowest BCUT2D eigenvalue weighted by molar-refractivity contribution is -0.123. The number of hydrogen-bond donors (Lipinski definition) is 3. The summed E-state index contributed by atoms with van der Waals surface area (Å²) in [5, 5.41) is 5.24. The van der Waals surface area contributed by atoms with Crippen LogP contribution in [-0.4, -0.2) is 49.6 Å². The summed E-state index contributed by atoms with van der Waals surface area (Å²) >= 11 is 0. The van der Waals surface area contributed by atoms with Crippen LogP contribution in [0.1, 0.15) is 0 Å². The topological polar surface area (TPSA) is 87.5 Å². The molecule has 1 rings (SSSR count). The van der Waals surface area contributed by atoms with Crippen molar-refractivity contribution in [3.05, 3.63) is 0 Å². The Balaban J connectivity index is 2.32. The van der Waals surface area contributed by atoms with Gasteiger partial charge in [0.25, 0.3) is 0 Å². The standard InChI is InChI=1S/C7H14N4O2/c8-1-2-10-7(13)11-4-3-9-6(12)5-11/h1-5,8H2,(H,9,12)(H,10,13). The van der Waals surface area contributed by atoms with Gasteiger partial charge in [0.2, 0.25) is 5.91 Å². The van der Waals surface area contributed by atoms with Crippen molar-refractivity contribution >= 4 is 11.9 Å². The highest BCUT2D eigenvalue weighted by atomic mass is 16.2. The number of amides is 3. The van der Waals surface area contributed by atoms with E-state index in [0.717, 1.165) is 0 Å². The van der Waals surface area contributed by atoms with E-state index in [9.17, 15) is 9.59 Å². The van der Waals surface area contributed by atoms with Crippen LogP contribution in [0.2, 0.25) is 0 Å². The molecule has 1 aliphatic rings. The number of hydrogen-bond acceptors (Lipinski definition) is 3. The minimum absolute atomic E-state index is 0.117. The average Bonchev–Trinajstić information content (AvgIpc) is 2.14. The fraction of sp³-hybridized carbons (Fsp3) is 0.714. The molecule has 1 heterocycles. The van der Waals surface area contributed by atoms with Gasteiger partial charge in [0.15, 0.2) is 0 Å². The molecule has 1 aliphatic heterocycles. The Labute approximate surface area is 76.4 Å². The van der Waals surface area contributed by atoms with Crippen molar-refractivity contribution in [1.29, 1.82) is 0 Å². The van der Waals surface area contributed by atoms with E-state index in [1.165, 1.54) is 4.90 Å². The van der Waals surface area contributed by atoms with Gasteiger partial charge in [-0.15, -0.1) is 0 Å². The van der Waals surface area contributed by atoms with Gasteiger partial charge in [0.1, 0.15) is 6.54 Å². The molecule has 0 unspecified atom stereocenters. The van der Waals surface area contributed by atoms with Crippen LogP contribution in [0.5, 0.6) is 0 Å². The van der Waals surface area contributed by atoms with Crippen molar-refractivity contribution in [3.8, 4) is 0 Å². The number of carbonyl (C=O) groups is 2. The van der Waals surface area contributed by atoms with Gasteiger partial charge in [-0.25, -0.2) is 4.79 Å². The Morgan fingerprint density at radius 3 is 3.08 bits per heavy atom. The monoisotopic (exact) mass is 186 g/mol. The van der Waals surface area contributed by atoms with Crippen LogP contribution in [0.3, 0.4) is 0 Å². The van der Waals surface area contributed by atoms with Gasteiger partial charge in [0.05, 0.1) is 0 Å². The van der Waals surface area contributed by atoms with E-state index >= 15 is 0 Å². The van der Waals surface area contributed by atoms with E-state index in [1.807, 2.05) is 0 Å². The van der Waals surface area contributed by atoms with E-state index < -0.39 is 0 Å². The maximum absolute atomic E-state index is 11.3. The molecule has 1 saturated heterocycles. The smallest absolute Gasteiger partial charge is 0.317 e. The molecular weight excluding hydrogens is 172 g/mol. The highest BCUT2D eigenvalue weighted by molar-refractivity contribution is 5.85. The van der Waals surface area contributed by atoms with Gasteiger partial charge in [-0.2, -0.15) is 0 Å². The summed E-state index contributed by atoms with van der Waals surface area (Å²) in [7, 11) is 0. The van der Waals surface area contributed by atoms with Gasteiger partial charge in [-0.1, -0.05) is 0 Å². The molecule has 13 heavy (non-hydrogen) atoms. The minimum Gasteiger partial charge on any atom is -0.353 e. The first kappa shape index (κ1) is 9.79. The number of piperazine rings is 1.